The SMILES string of the molecule is COC1(F)C(F)(Cc2ccccc2)C(C)C(F)(S(=O)(=O)O)C(C)(F)C1(C)F. The minimum Gasteiger partial charge on any atom is -0.344 e. The number of alkyl halides is 5. The van der Waals surface area contributed by atoms with E-state index in [1.165, 1.54) is 24.3 Å². The zero-order valence-corrected chi connectivity index (χ0v) is 16.0. The van der Waals surface area contributed by atoms with Crippen molar-refractivity contribution in [2.24, 2.45) is 5.92 Å². The lowest BCUT2D eigenvalue weighted by molar-refractivity contribution is -0.363. The van der Waals surface area contributed by atoms with Crippen LogP contribution in [-0.4, -0.2) is 47.9 Å². The predicted octanol–water partition coefficient (Wildman–Crippen LogP) is 3.91. The Hall–Kier alpha value is -1.26. The van der Waals surface area contributed by atoms with Crippen LogP contribution in [0, 0.1) is 5.92 Å². The van der Waals surface area contributed by atoms with Crippen LogP contribution in [0.2, 0.25) is 0 Å². The van der Waals surface area contributed by atoms with Gasteiger partial charge in [0.25, 0.3) is 10.9 Å². The van der Waals surface area contributed by atoms with Crippen molar-refractivity contribution in [3.63, 3.8) is 0 Å². The lowest BCUT2D eigenvalue weighted by atomic mass is 9.58. The van der Waals surface area contributed by atoms with Crippen LogP contribution in [0.25, 0.3) is 0 Å². The molecule has 0 radical (unpaired) electrons. The third kappa shape index (κ3) is 2.49. The van der Waals surface area contributed by atoms with E-state index in [0.717, 1.165) is 0 Å². The molecule has 1 aromatic carbocycles. The van der Waals surface area contributed by atoms with Crippen LogP contribution in [0.3, 0.4) is 0 Å². The molecule has 0 amide bonds. The van der Waals surface area contributed by atoms with Crippen molar-refractivity contribution in [3.8, 4) is 0 Å². The van der Waals surface area contributed by atoms with Gasteiger partial charge in [-0.25, -0.2) is 22.0 Å². The summed E-state index contributed by atoms with van der Waals surface area (Å²) in [6.45, 7) is 0.838. The van der Waals surface area contributed by atoms with Gasteiger partial charge in [0.15, 0.2) is 11.3 Å². The van der Waals surface area contributed by atoms with Crippen LogP contribution in [0.4, 0.5) is 22.0 Å². The highest BCUT2D eigenvalue weighted by Crippen LogP contribution is 2.66. The van der Waals surface area contributed by atoms with E-state index in [1.54, 1.807) is 6.07 Å². The standard InChI is InChI=1S/C17H21F5O4S/c1-11-15(20,10-12-8-6-5-7-9-12)17(22,26-4)14(3,19)13(2,18)16(11,21)27(23,24)25/h5-9,11H,10H2,1-4H3,(H,23,24,25). The molecule has 1 aromatic rings. The zero-order valence-electron chi connectivity index (χ0n) is 15.1. The second kappa shape index (κ2) is 6.12. The molecule has 4 nitrogen and oxygen atoms in total. The Morgan fingerprint density at radius 3 is 1.93 bits per heavy atom. The highest BCUT2D eigenvalue weighted by Gasteiger charge is 2.88. The maximum atomic E-state index is 16.0. The van der Waals surface area contributed by atoms with E-state index in [2.05, 4.69) is 4.74 Å². The first-order chi connectivity index (χ1) is 12.0. The monoisotopic (exact) mass is 416 g/mol. The minimum atomic E-state index is -6.02. The van der Waals surface area contributed by atoms with Crippen LogP contribution in [0.15, 0.2) is 30.3 Å². The summed E-state index contributed by atoms with van der Waals surface area (Å²) in [6.07, 6.45) is -1.03. The molecule has 0 bridgehead atoms. The van der Waals surface area contributed by atoms with Crippen molar-refractivity contribution >= 4 is 10.1 Å². The molecule has 2 rings (SSSR count). The van der Waals surface area contributed by atoms with E-state index in [1.807, 2.05) is 0 Å². The second-order valence-corrected chi connectivity index (χ2v) is 8.72. The zero-order chi connectivity index (χ0) is 21.1. The predicted molar refractivity (Wildman–Crippen MR) is 88.4 cm³/mol. The highest BCUT2D eigenvalue weighted by molar-refractivity contribution is 7.87. The van der Waals surface area contributed by atoms with Crippen molar-refractivity contribution in [1.29, 1.82) is 0 Å². The fourth-order valence-corrected chi connectivity index (χ4v) is 5.29. The normalized spacial score (nSPS) is 45.6. The van der Waals surface area contributed by atoms with Crippen LogP contribution >= 0.6 is 0 Å². The van der Waals surface area contributed by atoms with Gasteiger partial charge in [0.2, 0.25) is 5.67 Å². The van der Waals surface area contributed by atoms with Gasteiger partial charge in [0.1, 0.15) is 0 Å². The summed E-state index contributed by atoms with van der Waals surface area (Å²) in [7, 11) is -5.45. The number of benzene rings is 1. The van der Waals surface area contributed by atoms with Gasteiger partial charge in [-0.2, -0.15) is 8.42 Å². The summed E-state index contributed by atoms with van der Waals surface area (Å²) in [5.74, 6) is -6.75. The van der Waals surface area contributed by atoms with Crippen LogP contribution in [-0.2, 0) is 21.3 Å². The number of methoxy groups -OCH3 is 1. The van der Waals surface area contributed by atoms with Crippen LogP contribution < -0.4 is 0 Å². The largest absolute Gasteiger partial charge is 0.344 e. The van der Waals surface area contributed by atoms with Crippen LogP contribution in [0.5, 0.6) is 0 Å². The average Bonchev–Trinajstić information content (AvgIpc) is 2.57. The van der Waals surface area contributed by atoms with Gasteiger partial charge >= 0.3 is 10.1 Å². The third-order valence-corrected chi connectivity index (χ3v) is 7.35. The number of halogens is 5. The third-order valence-electron chi connectivity index (χ3n) is 5.86. The lowest BCUT2D eigenvalue weighted by Crippen LogP contribution is -2.83. The molecule has 6 atom stereocenters. The molecule has 1 saturated carbocycles. The lowest BCUT2D eigenvalue weighted by Gasteiger charge is -2.60. The van der Waals surface area contributed by atoms with E-state index >= 15 is 22.0 Å². The second-order valence-electron chi connectivity index (χ2n) is 7.17. The average molecular weight is 416 g/mol. The van der Waals surface area contributed by atoms with Crippen molar-refractivity contribution < 1.29 is 39.7 Å². The first kappa shape index (κ1) is 22.0. The molecule has 0 heterocycles. The molecule has 1 aliphatic carbocycles. The Morgan fingerprint density at radius 1 is 1.04 bits per heavy atom. The maximum absolute atomic E-state index is 16.0. The topological polar surface area (TPSA) is 63.6 Å². The fourth-order valence-electron chi connectivity index (χ4n) is 3.98. The van der Waals surface area contributed by atoms with Gasteiger partial charge in [0.05, 0.1) is 5.92 Å². The Bertz CT molecular complexity index is 816. The molecular formula is C17H21F5O4S. The molecule has 1 N–H and O–H groups in total. The van der Waals surface area contributed by atoms with Gasteiger partial charge in [-0.1, -0.05) is 37.3 Å². The molecule has 0 aromatic heterocycles. The van der Waals surface area contributed by atoms with Gasteiger partial charge in [-0.05, 0) is 19.4 Å². The number of ether oxygens (including phenoxy) is 1. The van der Waals surface area contributed by atoms with Crippen molar-refractivity contribution in [2.45, 2.75) is 55.1 Å². The summed E-state index contributed by atoms with van der Waals surface area (Å²) >= 11 is 0. The quantitative estimate of drug-likeness (QED) is 0.597. The fraction of sp³-hybridized carbons (Fsp3) is 0.647. The number of hydrogen-bond donors (Lipinski definition) is 1. The first-order valence-corrected chi connectivity index (χ1v) is 9.49. The Labute approximate surface area is 154 Å². The summed E-state index contributed by atoms with van der Waals surface area (Å²) in [6, 6.07) is 7.07. The first-order valence-electron chi connectivity index (χ1n) is 8.05. The van der Waals surface area contributed by atoms with Crippen molar-refractivity contribution in [3.05, 3.63) is 35.9 Å². The summed E-state index contributed by atoms with van der Waals surface area (Å²) in [5.41, 5.74) is -12.0. The number of hydrogen-bond acceptors (Lipinski definition) is 3. The molecule has 1 fully saturated rings. The molecule has 0 spiro atoms. The smallest absolute Gasteiger partial charge is 0.304 e. The molecular weight excluding hydrogens is 395 g/mol. The van der Waals surface area contributed by atoms with E-state index in [-0.39, 0.29) is 19.4 Å². The summed E-state index contributed by atoms with van der Waals surface area (Å²) in [5, 5.41) is -4.48. The Kier molecular flexibility index (Phi) is 4.99. The molecule has 10 heteroatoms. The Morgan fingerprint density at radius 2 is 1.52 bits per heavy atom. The summed E-state index contributed by atoms with van der Waals surface area (Å²) in [4.78, 5) is 0. The van der Waals surface area contributed by atoms with Gasteiger partial charge < -0.3 is 4.74 Å². The van der Waals surface area contributed by atoms with Gasteiger partial charge in [0, 0.05) is 13.5 Å². The van der Waals surface area contributed by atoms with E-state index < -0.39 is 50.3 Å². The van der Waals surface area contributed by atoms with E-state index in [4.69, 9.17) is 0 Å². The highest BCUT2D eigenvalue weighted by atomic mass is 32.2. The maximum Gasteiger partial charge on any atom is 0.304 e. The van der Waals surface area contributed by atoms with Crippen molar-refractivity contribution in [1.82, 2.24) is 0 Å². The molecule has 0 saturated heterocycles. The molecule has 6 unspecified atom stereocenters. The van der Waals surface area contributed by atoms with Gasteiger partial charge in [-0.15, -0.1) is 0 Å². The minimum absolute atomic E-state index is 0.0573. The van der Waals surface area contributed by atoms with E-state index in [0.29, 0.717) is 14.0 Å². The Balaban J connectivity index is 2.85. The molecule has 27 heavy (non-hydrogen) atoms. The molecule has 1 aliphatic rings. The summed E-state index contributed by atoms with van der Waals surface area (Å²) < 4.78 is 115. The van der Waals surface area contributed by atoms with Crippen LogP contribution in [0.1, 0.15) is 26.3 Å². The van der Waals surface area contributed by atoms with Gasteiger partial charge in [-0.3, -0.25) is 4.55 Å². The van der Waals surface area contributed by atoms with Crippen molar-refractivity contribution in [2.75, 3.05) is 7.11 Å². The molecule has 0 aliphatic heterocycles. The molecule has 154 valence electrons. The number of rotatable bonds is 4. The van der Waals surface area contributed by atoms with E-state index in [9.17, 15) is 13.0 Å².